The normalized spacial score (nSPS) is 11.7. The van der Waals surface area contributed by atoms with Crippen LogP contribution < -0.4 is 5.32 Å². The molecule has 0 unspecified atom stereocenters. The minimum Gasteiger partial charge on any atom is -0.356 e. The van der Waals surface area contributed by atoms with E-state index < -0.39 is 0 Å². The molecule has 0 saturated heterocycles. The van der Waals surface area contributed by atoms with Crippen LogP contribution in [-0.4, -0.2) is 45.8 Å². The van der Waals surface area contributed by atoms with E-state index in [9.17, 15) is 0 Å². The summed E-state index contributed by atoms with van der Waals surface area (Å²) in [6, 6.07) is 4.19. The topological polar surface area (TPSA) is 50.4 Å². The van der Waals surface area contributed by atoms with E-state index >= 15 is 0 Å². The molecular formula is C16H26N6. The highest BCUT2D eigenvalue weighted by atomic mass is 15.3. The molecule has 0 amide bonds. The molecule has 0 atom stereocenters. The molecule has 2 aromatic rings. The van der Waals surface area contributed by atoms with Crippen LogP contribution in [0.1, 0.15) is 17.7 Å². The van der Waals surface area contributed by atoms with E-state index in [1.54, 1.807) is 0 Å². The van der Waals surface area contributed by atoms with Gasteiger partial charge in [0.15, 0.2) is 5.96 Å². The van der Waals surface area contributed by atoms with E-state index in [2.05, 4.69) is 63.5 Å². The predicted octanol–water partition coefficient (Wildman–Crippen LogP) is 1.40. The Morgan fingerprint density at radius 1 is 1.41 bits per heavy atom. The monoisotopic (exact) mass is 302 g/mol. The molecule has 0 radical (unpaired) electrons. The fraction of sp³-hybridized carbons (Fsp3) is 0.500. The summed E-state index contributed by atoms with van der Waals surface area (Å²) < 4.78 is 3.97. The summed E-state index contributed by atoms with van der Waals surface area (Å²) >= 11 is 0. The van der Waals surface area contributed by atoms with Gasteiger partial charge in [0.25, 0.3) is 0 Å². The van der Waals surface area contributed by atoms with Gasteiger partial charge in [0.05, 0.1) is 12.7 Å². The van der Waals surface area contributed by atoms with Crippen molar-refractivity contribution in [3.05, 3.63) is 42.0 Å². The number of guanidine groups is 1. The van der Waals surface area contributed by atoms with E-state index in [0.717, 1.165) is 31.9 Å². The van der Waals surface area contributed by atoms with E-state index in [-0.39, 0.29) is 0 Å². The Bertz CT molecular complexity index is 610. The first-order valence-corrected chi connectivity index (χ1v) is 7.59. The molecule has 2 aromatic heterocycles. The SMILES string of the molecule is CN=C(NCCCc1cnn(C)c1)N(C)Cc1cccn1C. The molecule has 2 heterocycles. The van der Waals surface area contributed by atoms with E-state index in [0.29, 0.717) is 0 Å². The summed E-state index contributed by atoms with van der Waals surface area (Å²) in [5.41, 5.74) is 2.54. The molecule has 0 aliphatic heterocycles. The Hall–Kier alpha value is -2.24. The number of hydrogen-bond acceptors (Lipinski definition) is 2. The molecule has 0 bridgehead atoms. The van der Waals surface area contributed by atoms with Crippen molar-refractivity contribution in [1.82, 2.24) is 24.6 Å². The van der Waals surface area contributed by atoms with Gasteiger partial charge >= 0.3 is 0 Å². The molecule has 6 nitrogen and oxygen atoms in total. The van der Waals surface area contributed by atoms with Gasteiger partial charge in [-0.25, -0.2) is 0 Å². The van der Waals surface area contributed by atoms with Gasteiger partial charge in [-0.05, 0) is 30.5 Å². The molecule has 0 spiro atoms. The summed E-state index contributed by atoms with van der Waals surface area (Å²) in [5.74, 6) is 0.924. The van der Waals surface area contributed by atoms with Gasteiger partial charge in [0.2, 0.25) is 0 Å². The van der Waals surface area contributed by atoms with E-state index in [4.69, 9.17) is 0 Å². The van der Waals surface area contributed by atoms with Crippen LogP contribution in [-0.2, 0) is 27.1 Å². The maximum Gasteiger partial charge on any atom is 0.193 e. The lowest BCUT2D eigenvalue weighted by Gasteiger charge is -2.22. The number of aromatic nitrogens is 3. The van der Waals surface area contributed by atoms with Crippen LogP contribution in [0.3, 0.4) is 0 Å². The summed E-state index contributed by atoms with van der Waals surface area (Å²) in [7, 11) is 7.89. The summed E-state index contributed by atoms with van der Waals surface area (Å²) in [6.07, 6.45) is 8.14. The molecule has 0 aliphatic rings. The standard InChI is InChI=1S/C16H26N6/c1-17-16(21(3)13-15-8-6-10-20(15)2)18-9-5-7-14-11-19-22(4)12-14/h6,8,10-12H,5,7,9,13H2,1-4H3,(H,17,18). The Balaban J connectivity index is 1.76. The predicted molar refractivity (Wildman–Crippen MR) is 89.8 cm³/mol. The lowest BCUT2D eigenvalue weighted by molar-refractivity contribution is 0.461. The fourth-order valence-electron chi connectivity index (χ4n) is 2.46. The van der Waals surface area contributed by atoms with Crippen molar-refractivity contribution in [3.8, 4) is 0 Å². The highest BCUT2D eigenvalue weighted by Gasteiger charge is 2.07. The van der Waals surface area contributed by atoms with Crippen molar-refractivity contribution >= 4 is 5.96 Å². The van der Waals surface area contributed by atoms with Crippen LogP contribution in [0.15, 0.2) is 35.7 Å². The third-order valence-electron chi connectivity index (χ3n) is 3.71. The Morgan fingerprint density at radius 2 is 2.23 bits per heavy atom. The minimum absolute atomic E-state index is 0.839. The van der Waals surface area contributed by atoms with Gasteiger partial charge in [0.1, 0.15) is 0 Å². The molecular weight excluding hydrogens is 276 g/mol. The quantitative estimate of drug-likeness (QED) is 0.498. The van der Waals surface area contributed by atoms with Crippen LogP contribution in [0.4, 0.5) is 0 Å². The first kappa shape index (κ1) is 16.1. The van der Waals surface area contributed by atoms with Gasteiger partial charge in [-0.15, -0.1) is 0 Å². The molecule has 120 valence electrons. The summed E-state index contributed by atoms with van der Waals surface area (Å²) in [5, 5.41) is 7.60. The number of aliphatic imine (C=N–C) groups is 1. The number of nitrogens with one attached hydrogen (secondary N) is 1. The average Bonchev–Trinajstić information content (AvgIpc) is 3.08. The van der Waals surface area contributed by atoms with E-state index in [1.165, 1.54) is 11.3 Å². The van der Waals surface area contributed by atoms with Crippen molar-refractivity contribution < 1.29 is 0 Å². The Kier molecular flexibility index (Phi) is 5.63. The second kappa shape index (κ2) is 7.68. The number of aryl methyl sites for hydroxylation is 3. The van der Waals surface area contributed by atoms with Gasteiger partial charge in [-0.3, -0.25) is 9.67 Å². The van der Waals surface area contributed by atoms with Gasteiger partial charge in [0, 0.05) is 52.8 Å². The number of rotatable bonds is 6. The summed E-state index contributed by atoms with van der Waals surface area (Å²) in [4.78, 5) is 6.49. The second-order valence-electron chi connectivity index (χ2n) is 5.57. The molecule has 1 N–H and O–H groups in total. The minimum atomic E-state index is 0.839. The third kappa shape index (κ3) is 4.38. The second-order valence-corrected chi connectivity index (χ2v) is 5.57. The van der Waals surface area contributed by atoms with Crippen LogP contribution in [0.5, 0.6) is 0 Å². The molecule has 0 aromatic carbocycles. The average molecular weight is 302 g/mol. The zero-order chi connectivity index (χ0) is 15.9. The van der Waals surface area contributed by atoms with Crippen molar-refractivity contribution in [2.45, 2.75) is 19.4 Å². The molecule has 0 fully saturated rings. The first-order valence-electron chi connectivity index (χ1n) is 7.59. The van der Waals surface area contributed by atoms with Crippen LogP contribution in [0, 0.1) is 0 Å². The maximum absolute atomic E-state index is 4.35. The van der Waals surface area contributed by atoms with Gasteiger partial charge in [-0.2, -0.15) is 5.10 Å². The van der Waals surface area contributed by atoms with Crippen molar-refractivity contribution in [2.75, 3.05) is 20.6 Å². The van der Waals surface area contributed by atoms with Crippen LogP contribution in [0.2, 0.25) is 0 Å². The molecule has 0 aliphatic carbocycles. The molecule has 22 heavy (non-hydrogen) atoms. The Labute approximate surface area is 132 Å². The Morgan fingerprint density at radius 3 is 2.82 bits per heavy atom. The molecule has 6 heteroatoms. The van der Waals surface area contributed by atoms with Gasteiger partial charge in [-0.1, -0.05) is 0 Å². The first-order chi connectivity index (χ1) is 10.6. The van der Waals surface area contributed by atoms with Crippen molar-refractivity contribution in [3.63, 3.8) is 0 Å². The van der Waals surface area contributed by atoms with Crippen LogP contribution >= 0.6 is 0 Å². The zero-order valence-corrected chi connectivity index (χ0v) is 14.0. The maximum atomic E-state index is 4.35. The fourth-order valence-corrected chi connectivity index (χ4v) is 2.46. The van der Waals surface area contributed by atoms with Gasteiger partial charge < -0.3 is 14.8 Å². The zero-order valence-electron chi connectivity index (χ0n) is 14.0. The van der Waals surface area contributed by atoms with E-state index in [1.807, 2.05) is 25.0 Å². The number of nitrogens with zero attached hydrogens (tertiary/aromatic N) is 5. The lowest BCUT2D eigenvalue weighted by atomic mass is 10.2. The highest BCUT2D eigenvalue weighted by Crippen LogP contribution is 2.04. The smallest absolute Gasteiger partial charge is 0.193 e. The number of hydrogen-bond donors (Lipinski definition) is 1. The van der Waals surface area contributed by atoms with Crippen molar-refractivity contribution in [2.24, 2.45) is 19.1 Å². The summed E-state index contributed by atoms with van der Waals surface area (Å²) in [6.45, 7) is 1.74. The molecule has 2 rings (SSSR count). The highest BCUT2D eigenvalue weighted by molar-refractivity contribution is 5.79. The third-order valence-corrected chi connectivity index (χ3v) is 3.71. The lowest BCUT2D eigenvalue weighted by Crippen LogP contribution is -2.39. The van der Waals surface area contributed by atoms with Crippen molar-refractivity contribution in [1.29, 1.82) is 0 Å². The van der Waals surface area contributed by atoms with Crippen LogP contribution in [0.25, 0.3) is 0 Å². The largest absolute Gasteiger partial charge is 0.356 e. The molecule has 0 saturated carbocycles.